The van der Waals surface area contributed by atoms with Crippen LogP contribution in [0, 0.1) is 0 Å². The highest BCUT2D eigenvalue weighted by molar-refractivity contribution is 7.89. The molecule has 0 spiro atoms. The Morgan fingerprint density at radius 2 is 2.00 bits per heavy atom. The second-order valence-electron chi connectivity index (χ2n) is 6.93. The minimum atomic E-state index is -3.57. The lowest BCUT2D eigenvalue weighted by Gasteiger charge is -2.34. The van der Waals surface area contributed by atoms with Crippen molar-refractivity contribution < 1.29 is 13.2 Å². The van der Waals surface area contributed by atoms with Crippen molar-refractivity contribution in [3.63, 3.8) is 0 Å². The molecule has 1 amide bonds. The largest absolute Gasteiger partial charge is 0.337 e. The molecule has 1 aromatic rings. The van der Waals surface area contributed by atoms with Gasteiger partial charge in [0.25, 0.3) is 0 Å². The maximum atomic E-state index is 12.5. The molecule has 1 fully saturated rings. The van der Waals surface area contributed by atoms with Gasteiger partial charge in [0.2, 0.25) is 15.9 Å². The summed E-state index contributed by atoms with van der Waals surface area (Å²) in [4.78, 5) is 14.4. The maximum Gasteiger partial charge on any atom is 0.240 e. The van der Waals surface area contributed by atoms with Gasteiger partial charge in [0.15, 0.2) is 0 Å². The summed E-state index contributed by atoms with van der Waals surface area (Å²) in [5, 5.41) is 3.24. The molecule has 6 nitrogen and oxygen atoms in total. The zero-order chi connectivity index (χ0) is 17.9. The lowest BCUT2D eigenvalue weighted by Crippen LogP contribution is -2.52. The molecule has 26 heavy (non-hydrogen) atoms. The highest BCUT2D eigenvalue weighted by Gasteiger charge is 2.23. The van der Waals surface area contributed by atoms with E-state index in [1.54, 1.807) is 12.1 Å². The number of carbonyl (C=O) groups excluding carboxylic acids is 1. The van der Waals surface area contributed by atoms with Gasteiger partial charge in [0.05, 0.1) is 4.90 Å². The van der Waals surface area contributed by atoms with Crippen LogP contribution in [-0.2, 0) is 27.7 Å². The van der Waals surface area contributed by atoms with Crippen LogP contribution in [0.1, 0.15) is 37.3 Å². The van der Waals surface area contributed by atoms with Crippen molar-refractivity contribution in [1.82, 2.24) is 14.9 Å². The molecule has 2 N–H and O–H groups in total. The van der Waals surface area contributed by atoms with E-state index in [4.69, 9.17) is 0 Å². The average molecular weight is 402 g/mol. The van der Waals surface area contributed by atoms with Gasteiger partial charge < -0.3 is 10.2 Å². The van der Waals surface area contributed by atoms with Crippen LogP contribution >= 0.6 is 12.4 Å². The molecule has 2 aliphatic rings. The molecule has 146 valence electrons. The quantitative estimate of drug-likeness (QED) is 0.783. The van der Waals surface area contributed by atoms with E-state index in [2.05, 4.69) is 10.0 Å². The van der Waals surface area contributed by atoms with Gasteiger partial charge in [-0.3, -0.25) is 4.79 Å². The summed E-state index contributed by atoms with van der Waals surface area (Å²) >= 11 is 0. The molecule has 1 saturated heterocycles. The number of benzene rings is 1. The van der Waals surface area contributed by atoms with Crippen molar-refractivity contribution >= 4 is 28.3 Å². The van der Waals surface area contributed by atoms with Crippen molar-refractivity contribution in [3.8, 4) is 0 Å². The van der Waals surface area contributed by atoms with Crippen LogP contribution in [0.15, 0.2) is 23.1 Å². The Balaban J connectivity index is 0.00000243. The molecule has 1 aliphatic carbocycles. The molecular formula is C18H28ClN3O3S. The van der Waals surface area contributed by atoms with Crippen LogP contribution in [0.5, 0.6) is 0 Å². The van der Waals surface area contributed by atoms with E-state index in [1.165, 1.54) is 12.0 Å². The SMILES string of the molecule is C[C@@H]1CNCCN1C(=O)CCNS(=O)(=O)c1ccc2c(c1)CCCC2.Cl. The summed E-state index contributed by atoms with van der Waals surface area (Å²) in [6.07, 6.45) is 4.44. The summed E-state index contributed by atoms with van der Waals surface area (Å²) in [6.45, 7) is 4.39. The molecule has 1 aliphatic heterocycles. The Morgan fingerprint density at radius 3 is 2.73 bits per heavy atom. The number of nitrogens with one attached hydrogen (secondary N) is 2. The van der Waals surface area contributed by atoms with Gasteiger partial charge in [0, 0.05) is 38.6 Å². The normalized spacial score (nSPS) is 20.2. The van der Waals surface area contributed by atoms with E-state index in [9.17, 15) is 13.2 Å². The fourth-order valence-electron chi connectivity index (χ4n) is 3.61. The third kappa shape index (κ3) is 4.97. The fourth-order valence-corrected chi connectivity index (χ4v) is 4.69. The van der Waals surface area contributed by atoms with E-state index >= 15 is 0 Å². The van der Waals surface area contributed by atoms with Gasteiger partial charge in [-0.05, 0) is 55.9 Å². The summed E-state index contributed by atoms with van der Waals surface area (Å²) in [5.74, 6) is 0.00198. The molecule has 1 heterocycles. The number of nitrogens with zero attached hydrogens (tertiary/aromatic N) is 1. The standard InChI is InChI=1S/C18H27N3O3S.ClH/c1-14-13-19-10-11-21(14)18(22)8-9-20-25(23,24)17-7-6-15-4-2-3-5-16(15)12-17;/h6-7,12,14,19-20H,2-5,8-11,13H2,1H3;1H/t14-;/m1./s1. The van der Waals surface area contributed by atoms with E-state index in [1.807, 2.05) is 17.9 Å². The Bertz CT molecular complexity index is 739. The third-order valence-corrected chi connectivity index (χ3v) is 6.54. The van der Waals surface area contributed by atoms with E-state index in [0.29, 0.717) is 11.4 Å². The zero-order valence-corrected chi connectivity index (χ0v) is 16.8. The molecule has 3 rings (SSSR count). The number of fused-ring (bicyclic) bond motifs is 1. The van der Waals surface area contributed by atoms with Crippen LogP contribution in [0.25, 0.3) is 0 Å². The molecule has 1 atom stereocenters. The first-order valence-electron chi connectivity index (χ1n) is 9.09. The Labute approximate surface area is 162 Å². The summed E-state index contributed by atoms with van der Waals surface area (Å²) < 4.78 is 27.6. The smallest absolute Gasteiger partial charge is 0.240 e. The summed E-state index contributed by atoms with van der Waals surface area (Å²) in [5.41, 5.74) is 2.40. The van der Waals surface area contributed by atoms with Gasteiger partial charge >= 0.3 is 0 Å². The van der Waals surface area contributed by atoms with Gasteiger partial charge in [0.1, 0.15) is 0 Å². The molecule has 0 bridgehead atoms. The zero-order valence-electron chi connectivity index (χ0n) is 15.2. The monoisotopic (exact) mass is 401 g/mol. The van der Waals surface area contributed by atoms with E-state index in [0.717, 1.165) is 37.9 Å². The Morgan fingerprint density at radius 1 is 1.27 bits per heavy atom. The van der Waals surface area contributed by atoms with Crippen LogP contribution in [0.3, 0.4) is 0 Å². The van der Waals surface area contributed by atoms with E-state index in [-0.39, 0.29) is 37.3 Å². The number of carbonyl (C=O) groups is 1. The molecule has 8 heteroatoms. The number of halogens is 1. The first-order valence-corrected chi connectivity index (χ1v) is 10.6. The first kappa shape index (κ1) is 21.2. The van der Waals surface area contributed by atoms with Crippen molar-refractivity contribution in [2.75, 3.05) is 26.2 Å². The van der Waals surface area contributed by atoms with Crippen LogP contribution < -0.4 is 10.0 Å². The minimum Gasteiger partial charge on any atom is -0.337 e. The lowest BCUT2D eigenvalue weighted by molar-refractivity contribution is -0.133. The second kappa shape index (κ2) is 9.17. The average Bonchev–Trinajstić information content (AvgIpc) is 2.61. The summed E-state index contributed by atoms with van der Waals surface area (Å²) in [6, 6.07) is 5.54. The number of piperazine rings is 1. The molecular weight excluding hydrogens is 374 g/mol. The molecule has 0 unspecified atom stereocenters. The molecule has 0 aromatic heterocycles. The Hall–Kier alpha value is -1.15. The van der Waals surface area contributed by atoms with Crippen LogP contribution in [0.4, 0.5) is 0 Å². The van der Waals surface area contributed by atoms with Gasteiger partial charge in [-0.2, -0.15) is 0 Å². The number of aryl methyl sites for hydroxylation is 2. The van der Waals surface area contributed by atoms with Crippen LogP contribution in [-0.4, -0.2) is 51.4 Å². The molecule has 1 aromatic carbocycles. The summed E-state index contributed by atoms with van der Waals surface area (Å²) in [7, 11) is -3.57. The number of amides is 1. The molecule has 0 radical (unpaired) electrons. The van der Waals surface area contributed by atoms with Crippen molar-refractivity contribution in [3.05, 3.63) is 29.3 Å². The van der Waals surface area contributed by atoms with Gasteiger partial charge in [-0.15, -0.1) is 12.4 Å². The van der Waals surface area contributed by atoms with Crippen molar-refractivity contribution in [1.29, 1.82) is 0 Å². The van der Waals surface area contributed by atoms with E-state index < -0.39 is 10.0 Å². The minimum absolute atomic E-state index is 0. The lowest BCUT2D eigenvalue weighted by atomic mass is 9.92. The third-order valence-electron chi connectivity index (χ3n) is 5.08. The maximum absolute atomic E-state index is 12.5. The van der Waals surface area contributed by atoms with Gasteiger partial charge in [-0.25, -0.2) is 13.1 Å². The highest BCUT2D eigenvalue weighted by Crippen LogP contribution is 2.24. The Kier molecular flexibility index (Phi) is 7.46. The predicted molar refractivity (Wildman–Crippen MR) is 104 cm³/mol. The number of hydrogen-bond acceptors (Lipinski definition) is 4. The van der Waals surface area contributed by atoms with Crippen molar-refractivity contribution in [2.45, 2.75) is 50.0 Å². The number of rotatable bonds is 5. The topological polar surface area (TPSA) is 78.5 Å². The predicted octanol–water partition coefficient (Wildman–Crippen LogP) is 1.48. The fraction of sp³-hybridized carbons (Fsp3) is 0.611. The number of sulfonamides is 1. The highest BCUT2D eigenvalue weighted by atomic mass is 35.5. The first-order chi connectivity index (χ1) is 12.0. The van der Waals surface area contributed by atoms with Crippen molar-refractivity contribution in [2.24, 2.45) is 0 Å². The number of hydrogen-bond donors (Lipinski definition) is 2. The second-order valence-corrected chi connectivity index (χ2v) is 8.69. The van der Waals surface area contributed by atoms with Crippen LogP contribution in [0.2, 0.25) is 0 Å². The molecule has 0 saturated carbocycles. The van der Waals surface area contributed by atoms with Gasteiger partial charge in [-0.1, -0.05) is 6.07 Å².